The smallest absolute Gasteiger partial charge is 0.243 e. The van der Waals surface area contributed by atoms with Crippen LogP contribution in [0.2, 0.25) is 0 Å². The zero-order valence-corrected chi connectivity index (χ0v) is 19.5. The quantitative estimate of drug-likeness (QED) is 0.515. The van der Waals surface area contributed by atoms with Gasteiger partial charge in [-0.25, -0.2) is 18.2 Å². The van der Waals surface area contributed by atoms with Crippen molar-refractivity contribution in [1.82, 2.24) is 9.88 Å². The summed E-state index contributed by atoms with van der Waals surface area (Å²) in [6.45, 7) is 5.36. The number of carbonyl (C=O) groups excluding carboxylic acids is 2. The van der Waals surface area contributed by atoms with E-state index in [-0.39, 0.29) is 11.7 Å². The van der Waals surface area contributed by atoms with E-state index >= 15 is 0 Å². The van der Waals surface area contributed by atoms with Gasteiger partial charge in [-0.1, -0.05) is 0 Å². The lowest BCUT2D eigenvalue weighted by molar-refractivity contribution is -0.120. The van der Waals surface area contributed by atoms with Gasteiger partial charge in [0.25, 0.3) is 0 Å². The number of piperazine rings is 1. The summed E-state index contributed by atoms with van der Waals surface area (Å²) in [6, 6.07) is 7.57. The Hall–Kier alpha value is -3.24. The predicted molar refractivity (Wildman–Crippen MR) is 126 cm³/mol. The van der Waals surface area contributed by atoms with Crippen molar-refractivity contribution >= 4 is 33.8 Å². The molecule has 1 aliphatic rings. The standard InChI is InChI=1S/C24H23F3N4O2S/c1-14(23(33)29-24-28-21(13-34-24)17-3-5-18(25)19(26)12-17)30-7-9-31(10-8-30)22-6-4-16(15(2)32)11-20(22)27/h3-6,11-14H,7-10H2,1-2H3,(H,28,29,33). The molecule has 1 atom stereocenters. The van der Waals surface area contributed by atoms with Crippen LogP contribution in [0.1, 0.15) is 24.2 Å². The molecule has 6 nitrogen and oxygen atoms in total. The number of aromatic nitrogens is 1. The molecule has 1 aromatic heterocycles. The molecule has 1 N–H and O–H groups in total. The number of benzene rings is 2. The first kappa shape index (κ1) is 23.9. The van der Waals surface area contributed by atoms with Crippen LogP contribution < -0.4 is 10.2 Å². The van der Waals surface area contributed by atoms with Crippen LogP contribution in [-0.4, -0.2) is 53.8 Å². The highest BCUT2D eigenvalue weighted by molar-refractivity contribution is 7.14. The number of anilines is 2. The molecule has 0 spiro atoms. The Kier molecular flexibility index (Phi) is 6.99. The lowest BCUT2D eigenvalue weighted by Crippen LogP contribution is -2.53. The molecule has 4 rings (SSSR count). The summed E-state index contributed by atoms with van der Waals surface area (Å²) in [4.78, 5) is 32.4. The Morgan fingerprint density at radius 2 is 1.74 bits per heavy atom. The van der Waals surface area contributed by atoms with Gasteiger partial charge in [0.15, 0.2) is 22.5 Å². The highest BCUT2D eigenvalue weighted by Gasteiger charge is 2.27. The number of Topliss-reactive ketones (excluding diaryl/α,β-unsaturated/α-hetero) is 1. The molecule has 0 saturated carbocycles. The van der Waals surface area contributed by atoms with Gasteiger partial charge >= 0.3 is 0 Å². The molecule has 10 heteroatoms. The number of hydrogen-bond acceptors (Lipinski definition) is 6. The van der Waals surface area contributed by atoms with Gasteiger partial charge in [0.1, 0.15) is 5.82 Å². The van der Waals surface area contributed by atoms with E-state index < -0.39 is 23.5 Å². The van der Waals surface area contributed by atoms with Gasteiger partial charge in [0.2, 0.25) is 5.91 Å². The lowest BCUT2D eigenvalue weighted by atomic mass is 10.1. The van der Waals surface area contributed by atoms with Crippen molar-refractivity contribution in [2.45, 2.75) is 19.9 Å². The number of hydrogen-bond donors (Lipinski definition) is 1. The summed E-state index contributed by atoms with van der Waals surface area (Å²) < 4.78 is 41.1. The van der Waals surface area contributed by atoms with Crippen LogP contribution in [0.3, 0.4) is 0 Å². The zero-order valence-electron chi connectivity index (χ0n) is 18.6. The van der Waals surface area contributed by atoms with Gasteiger partial charge in [0.05, 0.1) is 17.4 Å². The average molecular weight is 489 g/mol. The fourth-order valence-electron chi connectivity index (χ4n) is 3.83. The largest absolute Gasteiger partial charge is 0.367 e. The van der Waals surface area contributed by atoms with Gasteiger partial charge in [-0.3, -0.25) is 14.5 Å². The topological polar surface area (TPSA) is 65.5 Å². The third-order valence-electron chi connectivity index (χ3n) is 5.89. The van der Waals surface area contributed by atoms with Crippen molar-refractivity contribution in [3.63, 3.8) is 0 Å². The van der Waals surface area contributed by atoms with Crippen molar-refractivity contribution in [3.05, 3.63) is 64.8 Å². The molecule has 2 heterocycles. The first-order valence-electron chi connectivity index (χ1n) is 10.7. The van der Waals surface area contributed by atoms with Crippen LogP contribution in [0.15, 0.2) is 41.8 Å². The van der Waals surface area contributed by atoms with Crippen molar-refractivity contribution in [2.24, 2.45) is 0 Å². The predicted octanol–water partition coefficient (Wildman–Crippen LogP) is 4.58. The van der Waals surface area contributed by atoms with Crippen LogP contribution in [0.4, 0.5) is 24.0 Å². The molecule has 0 bridgehead atoms. The van der Waals surface area contributed by atoms with Gasteiger partial charge in [0, 0.05) is 42.7 Å². The van der Waals surface area contributed by atoms with Crippen molar-refractivity contribution in [1.29, 1.82) is 0 Å². The Bertz CT molecular complexity index is 1220. The average Bonchev–Trinajstić information content (AvgIpc) is 3.28. The van der Waals surface area contributed by atoms with Crippen LogP contribution in [0, 0.1) is 17.5 Å². The highest BCUT2D eigenvalue weighted by atomic mass is 32.1. The third kappa shape index (κ3) is 5.13. The monoisotopic (exact) mass is 488 g/mol. The van der Waals surface area contributed by atoms with E-state index in [1.807, 2.05) is 9.80 Å². The molecule has 178 valence electrons. The molecule has 1 amide bonds. The number of halogens is 3. The Morgan fingerprint density at radius 1 is 1.00 bits per heavy atom. The molecule has 34 heavy (non-hydrogen) atoms. The van der Waals surface area contributed by atoms with Gasteiger partial charge < -0.3 is 10.2 Å². The van der Waals surface area contributed by atoms with Crippen molar-refractivity contribution in [3.8, 4) is 11.3 Å². The SMILES string of the molecule is CC(=O)c1ccc(N2CCN(C(C)C(=O)Nc3nc(-c4ccc(F)c(F)c4)cs3)CC2)c(F)c1. The second kappa shape index (κ2) is 9.94. The molecule has 0 aliphatic carbocycles. The fraction of sp³-hybridized carbons (Fsp3) is 0.292. The number of nitrogens with one attached hydrogen (secondary N) is 1. The van der Waals surface area contributed by atoms with E-state index in [1.54, 1.807) is 24.4 Å². The highest BCUT2D eigenvalue weighted by Crippen LogP contribution is 2.27. The van der Waals surface area contributed by atoms with E-state index in [0.29, 0.717) is 53.8 Å². The molecule has 2 aromatic carbocycles. The first-order chi connectivity index (χ1) is 16.2. The molecule has 1 unspecified atom stereocenters. The Labute approximate surface area is 199 Å². The molecule has 1 fully saturated rings. The number of thiazole rings is 1. The van der Waals surface area contributed by atoms with E-state index in [4.69, 9.17) is 0 Å². The van der Waals surface area contributed by atoms with Crippen molar-refractivity contribution in [2.75, 3.05) is 36.4 Å². The number of ketones is 1. The van der Waals surface area contributed by atoms with Crippen LogP contribution >= 0.6 is 11.3 Å². The molecule has 3 aromatic rings. The second-order valence-electron chi connectivity index (χ2n) is 8.08. The normalized spacial score (nSPS) is 15.3. The van der Waals surface area contributed by atoms with Crippen molar-refractivity contribution < 1.29 is 22.8 Å². The van der Waals surface area contributed by atoms with E-state index in [1.165, 1.54) is 30.4 Å². The number of rotatable bonds is 6. The molecule has 1 aliphatic heterocycles. The number of amides is 1. The second-order valence-corrected chi connectivity index (χ2v) is 8.94. The first-order valence-corrected chi connectivity index (χ1v) is 11.6. The Balaban J connectivity index is 1.34. The summed E-state index contributed by atoms with van der Waals surface area (Å²) in [7, 11) is 0. The van der Waals surface area contributed by atoms with E-state index in [9.17, 15) is 22.8 Å². The maximum Gasteiger partial charge on any atom is 0.243 e. The summed E-state index contributed by atoms with van der Waals surface area (Å²) >= 11 is 1.20. The van der Waals surface area contributed by atoms with Crippen LogP contribution in [0.25, 0.3) is 11.3 Å². The fourth-order valence-corrected chi connectivity index (χ4v) is 4.55. The zero-order chi connectivity index (χ0) is 24.4. The minimum Gasteiger partial charge on any atom is -0.367 e. The summed E-state index contributed by atoms with van der Waals surface area (Å²) in [5.41, 5.74) is 1.64. The third-order valence-corrected chi connectivity index (χ3v) is 6.64. The summed E-state index contributed by atoms with van der Waals surface area (Å²) in [6.07, 6.45) is 0. The maximum atomic E-state index is 14.5. The number of nitrogens with zero attached hydrogens (tertiary/aromatic N) is 3. The molecule has 0 radical (unpaired) electrons. The maximum absolute atomic E-state index is 14.5. The van der Waals surface area contributed by atoms with E-state index in [2.05, 4.69) is 10.3 Å². The summed E-state index contributed by atoms with van der Waals surface area (Å²) in [5, 5.41) is 4.81. The molecular weight excluding hydrogens is 465 g/mol. The molecular formula is C24H23F3N4O2S. The Morgan fingerprint density at radius 3 is 2.38 bits per heavy atom. The summed E-state index contributed by atoms with van der Waals surface area (Å²) in [5.74, 6) is -2.76. The lowest BCUT2D eigenvalue weighted by Gasteiger charge is -2.38. The van der Waals surface area contributed by atoms with Gasteiger partial charge in [-0.05, 0) is 50.2 Å². The van der Waals surface area contributed by atoms with Gasteiger partial charge in [-0.15, -0.1) is 11.3 Å². The minimum atomic E-state index is -0.960. The van der Waals surface area contributed by atoms with Crippen LogP contribution in [-0.2, 0) is 4.79 Å². The minimum absolute atomic E-state index is 0.188. The number of carbonyl (C=O) groups is 2. The van der Waals surface area contributed by atoms with E-state index in [0.717, 1.165) is 12.1 Å². The molecule has 1 saturated heterocycles. The van der Waals surface area contributed by atoms with Gasteiger partial charge in [-0.2, -0.15) is 0 Å². The van der Waals surface area contributed by atoms with Crippen LogP contribution in [0.5, 0.6) is 0 Å².